The number of phenolic OH excluding ortho intramolecular Hbond substituents is 1. The number of carbonyl (C=O) groups excluding carboxylic acids is 3. The maximum Gasteiger partial charge on any atom is 0.347 e. The summed E-state index contributed by atoms with van der Waals surface area (Å²) < 4.78 is 16.3. The molecule has 0 radical (unpaired) electrons. The molecule has 234 valence electrons. The maximum atomic E-state index is 13.0. The first kappa shape index (κ1) is 34.1. The lowest BCUT2D eigenvalue weighted by atomic mass is 9.99. The van der Waals surface area contributed by atoms with Crippen LogP contribution in [0.2, 0.25) is 0 Å². The molecule has 7 heteroatoms. The molecule has 0 heterocycles. The molecule has 0 amide bonds. The van der Waals surface area contributed by atoms with Crippen molar-refractivity contribution in [2.75, 3.05) is 13.2 Å². The largest absolute Gasteiger partial charge is 0.507 e. The summed E-state index contributed by atoms with van der Waals surface area (Å²) >= 11 is 0. The number of ketones is 1. The predicted molar refractivity (Wildman–Crippen MR) is 173 cm³/mol. The fraction of sp³-hybridized carbons (Fsp3) is 0.378. The van der Waals surface area contributed by atoms with Crippen molar-refractivity contribution in [3.63, 3.8) is 0 Å². The SMILES string of the molecule is CCCCCCCOc1ccc(/C=C/C(=O)c2cc(-c3ccc(C(=O)OC(C)C(=O)OCC(C)CC)cc3)ccc2O)cc1. The van der Waals surface area contributed by atoms with Crippen LogP contribution in [0.15, 0.2) is 72.8 Å². The molecule has 0 aromatic heterocycles. The van der Waals surface area contributed by atoms with Crippen molar-refractivity contribution in [3.05, 3.63) is 89.5 Å². The summed E-state index contributed by atoms with van der Waals surface area (Å²) in [4.78, 5) is 37.7. The topological polar surface area (TPSA) is 99.1 Å². The Balaban J connectivity index is 1.58. The first-order valence-electron chi connectivity index (χ1n) is 15.5. The minimum atomic E-state index is -1.03. The number of aromatic hydroxyl groups is 1. The minimum Gasteiger partial charge on any atom is -0.507 e. The molecule has 2 atom stereocenters. The number of allylic oxidation sites excluding steroid dienone is 1. The molecule has 0 aliphatic carbocycles. The Hall–Kier alpha value is -4.39. The Kier molecular flexibility index (Phi) is 13.7. The fourth-order valence-electron chi connectivity index (χ4n) is 4.28. The van der Waals surface area contributed by atoms with Crippen LogP contribution in [-0.4, -0.2) is 42.1 Å². The summed E-state index contributed by atoms with van der Waals surface area (Å²) in [5.41, 5.74) is 2.70. The van der Waals surface area contributed by atoms with Gasteiger partial charge in [-0.1, -0.05) is 89.3 Å². The molecular formula is C37H44O7. The van der Waals surface area contributed by atoms with E-state index >= 15 is 0 Å². The Morgan fingerprint density at radius 2 is 1.52 bits per heavy atom. The third-order valence-electron chi connectivity index (χ3n) is 7.36. The van der Waals surface area contributed by atoms with Gasteiger partial charge in [0.1, 0.15) is 11.5 Å². The monoisotopic (exact) mass is 600 g/mol. The Bertz CT molecular complexity index is 1390. The van der Waals surface area contributed by atoms with Crippen molar-refractivity contribution >= 4 is 23.8 Å². The molecule has 0 fully saturated rings. The summed E-state index contributed by atoms with van der Waals surface area (Å²) in [6.45, 7) is 8.63. The molecule has 0 aliphatic rings. The number of carbonyl (C=O) groups is 3. The standard InChI is InChI=1S/C37H44O7/c1-5-7-8-9-10-23-42-32-19-11-28(12-20-32)13-21-34(38)33-24-31(18-22-35(33)39)29-14-16-30(17-15-29)37(41)44-27(4)36(40)43-25-26(3)6-2/h11-22,24,26-27,39H,5-10,23,25H2,1-4H3/b21-13+. The third kappa shape index (κ3) is 10.7. The minimum absolute atomic E-state index is 0.125. The lowest BCUT2D eigenvalue weighted by Crippen LogP contribution is -2.27. The van der Waals surface area contributed by atoms with Crippen molar-refractivity contribution in [2.45, 2.75) is 72.3 Å². The van der Waals surface area contributed by atoms with E-state index in [1.165, 1.54) is 44.7 Å². The first-order valence-corrected chi connectivity index (χ1v) is 15.5. The van der Waals surface area contributed by atoms with Crippen molar-refractivity contribution < 1.29 is 33.7 Å². The van der Waals surface area contributed by atoms with E-state index in [0.29, 0.717) is 12.2 Å². The molecule has 2 unspecified atom stereocenters. The number of esters is 2. The highest BCUT2D eigenvalue weighted by molar-refractivity contribution is 6.09. The Labute approximate surface area is 260 Å². The van der Waals surface area contributed by atoms with E-state index < -0.39 is 18.0 Å². The third-order valence-corrected chi connectivity index (χ3v) is 7.36. The number of rotatable bonds is 17. The molecule has 3 aromatic rings. The number of unbranched alkanes of at least 4 members (excludes halogenated alkanes) is 4. The van der Waals surface area contributed by atoms with Crippen LogP contribution in [0.1, 0.15) is 92.5 Å². The molecule has 44 heavy (non-hydrogen) atoms. The highest BCUT2D eigenvalue weighted by Gasteiger charge is 2.21. The van der Waals surface area contributed by atoms with E-state index in [1.807, 2.05) is 38.1 Å². The van der Waals surface area contributed by atoms with Gasteiger partial charge in [0, 0.05) is 0 Å². The van der Waals surface area contributed by atoms with E-state index in [9.17, 15) is 19.5 Å². The zero-order valence-corrected chi connectivity index (χ0v) is 26.2. The van der Waals surface area contributed by atoms with Gasteiger partial charge in [-0.3, -0.25) is 4.79 Å². The highest BCUT2D eigenvalue weighted by Crippen LogP contribution is 2.27. The summed E-state index contributed by atoms with van der Waals surface area (Å²) in [5.74, 6) is -0.666. The molecule has 0 saturated carbocycles. The van der Waals surface area contributed by atoms with Crippen LogP contribution >= 0.6 is 0 Å². The molecule has 0 saturated heterocycles. The normalized spacial score (nSPS) is 12.5. The predicted octanol–water partition coefficient (Wildman–Crippen LogP) is 8.44. The molecule has 0 bridgehead atoms. The van der Waals surface area contributed by atoms with Crippen LogP contribution in [0.3, 0.4) is 0 Å². The molecule has 3 rings (SSSR count). The maximum absolute atomic E-state index is 13.0. The van der Waals surface area contributed by atoms with Gasteiger partial charge in [-0.25, -0.2) is 9.59 Å². The second-order valence-corrected chi connectivity index (χ2v) is 11.0. The zero-order chi connectivity index (χ0) is 31.9. The lowest BCUT2D eigenvalue weighted by Gasteiger charge is -2.15. The average Bonchev–Trinajstić information content (AvgIpc) is 3.04. The van der Waals surface area contributed by atoms with Gasteiger partial charge >= 0.3 is 11.9 Å². The molecule has 0 aliphatic heterocycles. The van der Waals surface area contributed by atoms with E-state index in [4.69, 9.17) is 14.2 Å². The summed E-state index contributed by atoms with van der Waals surface area (Å²) in [7, 11) is 0. The summed E-state index contributed by atoms with van der Waals surface area (Å²) in [6.07, 6.45) is 8.89. The van der Waals surface area contributed by atoms with Gasteiger partial charge in [-0.15, -0.1) is 0 Å². The quantitative estimate of drug-likeness (QED) is 0.0718. The zero-order valence-electron chi connectivity index (χ0n) is 26.2. The smallest absolute Gasteiger partial charge is 0.347 e. The van der Waals surface area contributed by atoms with Gasteiger partial charge in [-0.2, -0.15) is 0 Å². The van der Waals surface area contributed by atoms with E-state index in [-0.39, 0.29) is 35.2 Å². The van der Waals surface area contributed by atoms with Crippen LogP contribution in [0.25, 0.3) is 17.2 Å². The van der Waals surface area contributed by atoms with Gasteiger partial charge in [0.2, 0.25) is 0 Å². The number of benzene rings is 3. The van der Waals surface area contributed by atoms with Gasteiger partial charge in [0.05, 0.1) is 24.3 Å². The molecule has 1 N–H and O–H groups in total. The highest BCUT2D eigenvalue weighted by atomic mass is 16.6. The molecule has 0 spiro atoms. The number of ether oxygens (including phenoxy) is 3. The van der Waals surface area contributed by atoms with Crippen LogP contribution in [0.4, 0.5) is 0 Å². The van der Waals surface area contributed by atoms with Crippen molar-refractivity contribution in [1.82, 2.24) is 0 Å². The van der Waals surface area contributed by atoms with Crippen LogP contribution in [0.5, 0.6) is 11.5 Å². The van der Waals surface area contributed by atoms with Crippen molar-refractivity contribution in [2.24, 2.45) is 5.92 Å². The average molecular weight is 601 g/mol. The number of hydrogen-bond donors (Lipinski definition) is 1. The Morgan fingerprint density at radius 3 is 2.20 bits per heavy atom. The second kappa shape index (κ2) is 17.7. The van der Waals surface area contributed by atoms with E-state index in [1.54, 1.807) is 42.5 Å². The molecular weight excluding hydrogens is 556 g/mol. The number of hydrogen-bond acceptors (Lipinski definition) is 7. The molecule has 7 nitrogen and oxygen atoms in total. The van der Waals surface area contributed by atoms with Crippen LogP contribution in [-0.2, 0) is 14.3 Å². The van der Waals surface area contributed by atoms with Gasteiger partial charge in [0.15, 0.2) is 11.9 Å². The van der Waals surface area contributed by atoms with Gasteiger partial charge in [-0.05, 0) is 78.4 Å². The van der Waals surface area contributed by atoms with Crippen molar-refractivity contribution in [1.29, 1.82) is 0 Å². The number of phenols is 1. The second-order valence-electron chi connectivity index (χ2n) is 11.0. The summed E-state index contributed by atoms with van der Waals surface area (Å²) in [5, 5.41) is 10.4. The Morgan fingerprint density at radius 1 is 0.841 bits per heavy atom. The fourth-order valence-corrected chi connectivity index (χ4v) is 4.28. The van der Waals surface area contributed by atoms with E-state index in [2.05, 4.69) is 6.92 Å². The lowest BCUT2D eigenvalue weighted by molar-refractivity contribution is -0.154. The van der Waals surface area contributed by atoms with Crippen molar-refractivity contribution in [3.8, 4) is 22.6 Å². The van der Waals surface area contributed by atoms with Crippen LogP contribution in [0, 0.1) is 5.92 Å². The summed E-state index contributed by atoms with van der Waals surface area (Å²) in [6, 6.07) is 18.9. The van der Waals surface area contributed by atoms with Gasteiger partial charge in [0.25, 0.3) is 0 Å². The molecule has 3 aromatic carbocycles. The van der Waals surface area contributed by atoms with Gasteiger partial charge < -0.3 is 19.3 Å². The first-order chi connectivity index (χ1) is 21.2. The van der Waals surface area contributed by atoms with Crippen LogP contribution < -0.4 is 4.74 Å². The van der Waals surface area contributed by atoms with E-state index in [0.717, 1.165) is 29.7 Å².